The molecular formula is C19H18N2O3S. The summed E-state index contributed by atoms with van der Waals surface area (Å²) in [4.78, 5) is 12.6. The predicted molar refractivity (Wildman–Crippen MR) is 95.7 cm³/mol. The van der Waals surface area contributed by atoms with E-state index in [9.17, 15) is 18.5 Å². The molecule has 0 aliphatic carbocycles. The first kappa shape index (κ1) is 17.2. The number of nitrogens with zero attached hydrogens (tertiary/aromatic N) is 1. The number of carbonyl (C=O) groups is 1. The Morgan fingerprint density at radius 2 is 1.80 bits per heavy atom. The fourth-order valence-electron chi connectivity index (χ4n) is 3.10. The van der Waals surface area contributed by atoms with E-state index in [-0.39, 0.29) is 23.3 Å². The summed E-state index contributed by atoms with van der Waals surface area (Å²) in [6.45, 7) is 0.340. The molecule has 0 aromatic heterocycles. The van der Waals surface area contributed by atoms with E-state index < -0.39 is 9.84 Å². The molecule has 1 aliphatic heterocycles. The third-order valence-electron chi connectivity index (χ3n) is 4.39. The fourth-order valence-corrected chi connectivity index (χ4v) is 4.96. The highest BCUT2D eigenvalue weighted by molar-refractivity contribution is 7.91. The van der Waals surface area contributed by atoms with Gasteiger partial charge in [-0.3, -0.25) is 4.79 Å². The number of rotatable bonds is 4. The predicted octanol–water partition coefficient (Wildman–Crippen LogP) is 2.39. The first-order valence-electron chi connectivity index (χ1n) is 8.07. The number of hydrogen-bond acceptors (Lipinski definition) is 4. The van der Waals surface area contributed by atoms with Crippen LogP contribution < -0.4 is 5.32 Å². The van der Waals surface area contributed by atoms with E-state index in [4.69, 9.17) is 0 Å². The molecule has 5 nitrogen and oxygen atoms in total. The summed E-state index contributed by atoms with van der Waals surface area (Å²) in [5.41, 5.74) is 2.38. The van der Waals surface area contributed by atoms with Gasteiger partial charge < -0.3 is 5.32 Å². The third kappa shape index (κ3) is 3.89. The highest BCUT2D eigenvalue weighted by atomic mass is 32.2. The maximum absolute atomic E-state index is 12.6. The van der Waals surface area contributed by atoms with Crippen molar-refractivity contribution in [2.75, 3.05) is 18.1 Å². The van der Waals surface area contributed by atoms with Crippen LogP contribution in [0.15, 0.2) is 48.5 Å². The van der Waals surface area contributed by atoms with Gasteiger partial charge >= 0.3 is 0 Å². The largest absolute Gasteiger partial charge is 0.352 e. The molecule has 1 heterocycles. The van der Waals surface area contributed by atoms with Gasteiger partial charge in [-0.2, -0.15) is 5.26 Å². The lowest BCUT2D eigenvalue weighted by molar-refractivity contribution is 0.0949. The zero-order valence-electron chi connectivity index (χ0n) is 13.6. The molecule has 1 fully saturated rings. The van der Waals surface area contributed by atoms with E-state index in [1.807, 2.05) is 24.3 Å². The van der Waals surface area contributed by atoms with Crippen LogP contribution in [0.2, 0.25) is 0 Å². The van der Waals surface area contributed by atoms with E-state index in [0.29, 0.717) is 35.2 Å². The van der Waals surface area contributed by atoms with Gasteiger partial charge in [-0.15, -0.1) is 0 Å². The van der Waals surface area contributed by atoms with Gasteiger partial charge in [0, 0.05) is 17.7 Å². The zero-order valence-corrected chi connectivity index (χ0v) is 14.4. The van der Waals surface area contributed by atoms with Gasteiger partial charge in [0.25, 0.3) is 5.91 Å². The van der Waals surface area contributed by atoms with Crippen molar-refractivity contribution in [3.05, 3.63) is 59.7 Å². The Kier molecular flexibility index (Phi) is 4.86. The van der Waals surface area contributed by atoms with E-state index >= 15 is 0 Å². The molecule has 128 valence electrons. The molecular weight excluding hydrogens is 336 g/mol. The lowest BCUT2D eigenvalue weighted by Crippen LogP contribution is -2.30. The van der Waals surface area contributed by atoms with Gasteiger partial charge in [0.2, 0.25) is 0 Å². The maximum Gasteiger partial charge on any atom is 0.251 e. The van der Waals surface area contributed by atoms with Crippen LogP contribution >= 0.6 is 0 Å². The minimum atomic E-state index is -2.96. The Bertz CT molecular complexity index is 945. The van der Waals surface area contributed by atoms with Crippen molar-refractivity contribution in [1.82, 2.24) is 5.32 Å². The average Bonchev–Trinajstić information content (AvgIpc) is 2.98. The molecule has 1 N–H and O–H groups in total. The summed E-state index contributed by atoms with van der Waals surface area (Å²) in [6, 6.07) is 16.4. The number of nitriles is 1. The number of hydrogen-bond donors (Lipinski definition) is 1. The molecule has 0 saturated carbocycles. The van der Waals surface area contributed by atoms with Crippen LogP contribution in [0.5, 0.6) is 0 Å². The molecule has 25 heavy (non-hydrogen) atoms. The average molecular weight is 354 g/mol. The zero-order chi connectivity index (χ0) is 17.9. The highest BCUT2D eigenvalue weighted by Gasteiger charge is 2.28. The molecule has 2 aromatic carbocycles. The molecule has 1 amide bonds. The summed E-state index contributed by atoms with van der Waals surface area (Å²) in [5.74, 6) is 0.0337. The van der Waals surface area contributed by atoms with Crippen molar-refractivity contribution in [2.45, 2.75) is 6.42 Å². The quantitative estimate of drug-likeness (QED) is 0.913. The molecule has 1 atom stereocenters. The van der Waals surface area contributed by atoms with Gasteiger partial charge in [0.15, 0.2) is 9.84 Å². The summed E-state index contributed by atoms with van der Waals surface area (Å²) >= 11 is 0. The molecule has 1 aliphatic rings. The summed E-state index contributed by atoms with van der Waals surface area (Å²) in [6.07, 6.45) is 0.585. The molecule has 0 spiro atoms. The monoisotopic (exact) mass is 354 g/mol. The molecule has 1 unspecified atom stereocenters. The third-order valence-corrected chi connectivity index (χ3v) is 6.22. The Morgan fingerprint density at radius 3 is 2.48 bits per heavy atom. The minimum Gasteiger partial charge on any atom is -0.352 e. The van der Waals surface area contributed by atoms with Gasteiger partial charge in [-0.1, -0.05) is 36.4 Å². The lowest BCUT2D eigenvalue weighted by atomic mass is 9.95. The Labute approximate surface area is 147 Å². The van der Waals surface area contributed by atoms with Crippen molar-refractivity contribution in [3.8, 4) is 17.2 Å². The number of nitrogens with one attached hydrogen (secondary N) is 1. The number of sulfone groups is 1. The van der Waals surface area contributed by atoms with Crippen molar-refractivity contribution in [2.24, 2.45) is 5.92 Å². The standard InChI is InChI=1S/C19H18N2O3S/c20-11-15-5-1-2-6-16(15)17-7-3-4-8-18(17)19(22)21-12-14-9-10-25(23,24)13-14/h1-8,14H,9-10,12-13H2,(H,21,22). The normalized spacial score (nSPS) is 18.4. The van der Waals surface area contributed by atoms with Crippen molar-refractivity contribution in [1.29, 1.82) is 5.26 Å². The molecule has 6 heteroatoms. The second-order valence-electron chi connectivity index (χ2n) is 6.18. The van der Waals surface area contributed by atoms with Crippen LogP contribution in [0.1, 0.15) is 22.3 Å². The van der Waals surface area contributed by atoms with Crippen LogP contribution in [-0.2, 0) is 9.84 Å². The van der Waals surface area contributed by atoms with Crippen molar-refractivity contribution < 1.29 is 13.2 Å². The van der Waals surface area contributed by atoms with Crippen LogP contribution in [0.3, 0.4) is 0 Å². The molecule has 2 aromatic rings. The molecule has 3 rings (SSSR count). The highest BCUT2D eigenvalue weighted by Crippen LogP contribution is 2.27. The Balaban J connectivity index is 1.81. The van der Waals surface area contributed by atoms with Gasteiger partial charge in [-0.25, -0.2) is 8.42 Å². The smallest absolute Gasteiger partial charge is 0.251 e. The molecule has 1 saturated heterocycles. The minimum absolute atomic E-state index is 0.0347. The number of amides is 1. The second-order valence-corrected chi connectivity index (χ2v) is 8.41. The van der Waals surface area contributed by atoms with Crippen molar-refractivity contribution in [3.63, 3.8) is 0 Å². The van der Waals surface area contributed by atoms with Crippen molar-refractivity contribution >= 4 is 15.7 Å². The Hall–Kier alpha value is -2.65. The molecule has 0 bridgehead atoms. The summed E-state index contributed by atoms with van der Waals surface area (Å²) < 4.78 is 23.0. The van der Waals surface area contributed by atoms with Crippen LogP contribution in [0, 0.1) is 17.2 Å². The Morgan fingerprint density at radius 1 is 1.12 bits per heavy atom. The lowest BCUT2D eigenvalue weighted by Gasteiger charge is -2.13. The van der Waals surface area contributed by atoms with E-state index in [0.717, 1.165) is 0 Å². The number of carbonyl (C=O) groups excluding carboxylic acids is 1. The van der Waals surface area contributed by atoms with Gasteiger partial charge in [0.05, 0.1) is 23.1 Å². The molecule has 0 radical (unpaired) electrons. The van der Waals surface area contributed by atoms with Crippen LogP contribution in [0.4, 0.5) is 0 Å². The van der Waals surface area contributed by atoms with E-state index in [1.165, 1.54) is 0 Å². The first-order chi connectivity index (χ1) is 12.0. The van der Waals surface area contributed by atoms with E-state index in [2.05, 4.69) is 11.4 Å². The topological polar surface area (TPSA) is 87.0 Å². The van der Waals surface area contributed by atoms with E-state index in [1.54, 1.807) is 24.3 Å². The van der Waals surface area contributed by atoms with Gasteiger partial charge in [0.1, 0.15) is 0 Å². The maximum atomic E-state index is 12.6. The first-order valence-corrected chi connectivity index (χ1v) is 9.89. The van der Waals surface area contributed by atoms with Crippen LogP contribution in [0.25, 0.3) is 11.1 Å². The summed E-state index contributed by atoms with van der Waals surface area (Å²) in [7, 11) is -2.96. The summed E-state index contributed by atoms with van der Waals surface area (Å²) in [5, 5.41) is 12.1. The van der Waals surface area contributed by atoms with Crippen LogP contribution in [-0.4, -0.2) is 32.4 Å². The fraction of sp³-hybridized carbons (Fsp3) is 0.263. The SMILES string of the molecule is N#Cc1ccccc1-c1ccccc1C(=O)NCC1CCS(=O)(=O)C1. The number of benzene rings is 2. The second kappa shape index (κ2) is 7.08. The van der Waals surface area contributed by atoms with Gasteiger partial charge in [-0.05, 0) is 30.0 Å².